The van der Waals surface area contributed by atoms with Crippen molar-refractivity contribution in [2.24, 2.45) is 11.8 Å². The number of likely N-dealkylation sites (tertiary alicyclic amines) is 1. The van der Waals surface area contributed by atoms with E-state index < -0.39 is 32.1 Å². The molecule has 0 aromatic heterocycles. The van der Waals surface area contributed by atoms with Gasteiger partial charge in [-0.05, 0) is 166 Å². The molecule has 4 aliphatic rings. The maximum Gasteiger partial charge on any atom is 0.254 e. The number of thiocarbonyl (C=S) groups is 1. The van der Waals surface area contributed by atoms with Gasteiger partial charge in [-0.25, -0.2) is 8.42 Å². The summed E-state index contributed by atoms with van der Waals surface area (Å²) < 4.78 is 28.5. The van der Waals surface area contributed by atoms with Crippen LogP contribution in [0.15, 0.2) is 133 Å². The number of para-hydroxylation sites is 2. The Morgan fingerprint density at radius 3 is 1.40 bits per heavy atom. The maximum atomic E-state index is 14.8. The molecule has 4 amide bonds. The van der Waals surface area contributed by atoms with E-state index in [1.54, 1.807) is 69.4 Å². The first-order chi connectivity index (χ1) is 39.1. The Morgan fingerprint density at radius 1 is 0.590 bits per heavy atom. The highest BCUT2D eigenvalue weighted by Crippen LogP contribution is 2.57. The van der Waals surface area contributed by atoms with E-state index in [1.807, 2.05) is 128 Å². The molecule has 2 fully saturated rings. The molecule has 13 nitrogen and oxygen atoms in total. The van der Waals surface area contributed by atoms with Gasteiger partial charge in [0.1, 0.15) is 0 Å². The lowest BCUT2D eigenvalue weighted by molar-refractivity contribution is -0.124. The van der Waals surface area contributed by atoms with Gasteiger partial charge in [0.15, 0.2) is 5.11 Å². The molecule has 4 atom stereocenters. The molecule has 17 heteroatoms. The molecule has 2 spiro atoms. The number of nitrogens with zero attached hydrogens (tertiary/aromatic N) is 6. The number of anilines is 4. The summed E-state index contributed by atoms with van der Waals surface area (Å²) in [5.74, 6) is -0.260. The summed E-state index contributed by atoms with van der Waals surface area (Å²) in [6, 6.07) is 41.7. The van der Waals surface area contributed by atoms with Crippen molar-refractivity contribution in [1.29, 1.82) is 0 Å². The molecule has 436 valence electrons. The van der Waals surface area contributed by atoms with Crippen molar-refractivity contribution < 1.29 is 27.6 Å². The molecule has 0 radical (unpaired) electrons. The SMILES string of the molecule is CC(C)[C@@H]1N(C(=S)NC(C)(C)C)CC[C@@]12C(=O)N(c1cccc(-c3ccc(C(=O)N(C)C)c(Cl)c3)c1)c1ccccc12.CC(C)[C@@H]1N(S(=O)(=O)C(C)C)CC[C@@]12C(=O)N(c1cccc(-c3ccc(C(=O)N(C)C)c(Cl)c3)c1)c1ccccc12. The molecule has 0 bridgehead atoms. The molecule has 0 aliphatic carbocycles. The summed E-state index contributed by atoms with van der Waals surface area (Å²) in [5.41, 5.74) is 7.51. The van der Waals surface area contributed by atoms with Gasteiger partial charge in [-0.1, -0.05) is 124 Å². The van der Waals surface area contributed by atoms with Gasteiger partial charge < -0.3 is 20.0 Å². The number of carbonyl (C=O) groups is 4. The highest BCUT2D eigenvalue weighted by Gasteiger charge is 2.64. The predicted octanol–water partition coefficient (Wildman–Crippen LogP) is 13.1. The number of sulfonamides is 1. The first-order valence-corrected chi connectivity index (χ1v) is 31.0. The van der Waals surface area contributed by atoms with E-state index in [2.05, 4.69) is 50.9 Å². The summed E-state index contributed by atoms with van der Waals surface area (Å²) in [6.45, 7) is 19.0. The third kappa shape index (κ3) is 10.7. The lowest BCUT2D eigenvalue weighted by atomic mass is 9.71. The maximum absolute atomic E-state index is 14.8. The number of hydrogen-bond donors (Lipinski definition) is 1. The topological polar surface area (TPSA) is 134 Å². The van der Waals surface area contributed by atoms with Gasteiger partial charge in [0.2, 0.25) is 21.8 Å². The lowest BCUT2D eigenvalue weighted by Gasteiger charge is -2.40. The van der Waals surface area contributed by atoms with Crippen LogP contribution >= 0.6 is 35.4 Å². The Bertz CT molecular complexity index is 3670. The third-order valence-electron chi connectivity index (χ3n) is 16.6. The van der Waals surface area contributed by atoms with Crippen LogP contribution in [-0.2, 0) is 30.4 Å². The monoisotopic (exact) mass is 1200 g/mol. The molecule has 83 heavy (non-hydrogen) atoms. The normalized spacial score (nSPS) is 20.4. The van der Waals surface area contributed by atoms with Gasteiger partial charge >= 0.3 is 0 Å². The van der Waals surface area contributed by atoms with Gasteiger partial charge in [0.25, 0.3) is 11.8 Å². The fourth-order valence-corrected chi connectivity index (χ4v) is 15.7. The van der Waals surface area contributed by atoms with E-state index in [-0.39, 0.29) is 47.0 Å². The van der Waals surface area contributed by atoms with Gasteiger partial charge in [0, 0.05) is 64.2 Å². The van der Waals surface area contributed by atoms with Crippen molar-refractivity contribution in [2.45, 2.75) is 109 Å². The number of hydrogen-bond acceptors (Lipinski definition) is 7. The van der Waals surface area contributed by atoms with Crippen LogP contribution in [0, 0.1) is 11.8 Å². The standard InChI is InChI=1S/C34H39ClN4O2S.C32H36ClN3O4S/c1-21(2)29-34(17-18-38(29)32(42)36-33(3,4)5)26-13-8-9-14-28(26)39(31(34)41)24-12-10-11-22(19-24)23-15-16-25(27(35)20-23)30(40)37(6)7;1-20(2)29-32(16-17-35(29)41(39,40)21(3)4)26-12-7-8-13-28(26)36(31(32)38)24-11-9-10-22(18-24)23-14-15-25(27(33)19-23)30(37)34(5)6/h8-16,19-21,29H,17-18H2,1-7H3,(H,36,42);7-15,18-21,29H,16-17H2,1-6H3/t29-,34-;29-,32-/m00/s1. The molecule has 6 aromatic rings. The smallest absolute Gasteiger partial charge is 0.254 e. The van der Waals surface area contributed by atoms with Crippen LogP contribution in [0.1, 0.15) is 107 Å². The second kappa shape index (κ2) is 23.1. The van der Waals surface area contributed by atoms with E-state index >= 15 is 0 Å². The quantitative estimate of drug-likeness (QED) is 0.133. The Kier molecular flexibility index (Phi) is 17.0. The van der Waals surface area contributed by atoms with Crippen LogP contribution in [0.2, 0.25) is 10.0 Å². The number of nitrogens with one attached hydrogen (secondary N) is 1. The number of amides is 4. The second-order valence-corrected chi connectivity index (χ2v) is 28.2. The minimum atomic E-state index is -3.58. The van der Waals surface area contributed by atoms with Gasteiger partial charge in [0.05, 0.1) is 54.7 Å². The van der Waals surface area contributed by atoms with Crippen LogP contribution in [-0.4, -0.2) is 120 Å². The van der Waals surface area contributed by atoms with Crippen LogP contribution in [0.3, 0.4) is 0 Å². The largest absolute Gasteiger partial charge is 0.358 e. The van der Waals surface area contributed by atoms with E-state index in [9.17, 15) is 27.6 Å². The van der Waals surface area contributed by atoms with Crippen molar-refractivity contribution in [3.05, 3.63) is 166 Å². The van der Waals surface area contributed by atoms with Crippen LogP contribution in [0.25, 0.3) is 22.3 Å². The van der Waals surface area contributed by atoms with Gasteiger partial charge in [-0.3, -0.25) is 29.0 Å². The molecular weight excluding hydrogens is 1120 g/mol. The zero-order chi connectivity index (χ0) is 60.4. The number of benzene rings is 6. The molecule has 2 saturated heterocycles. The molecule has 10 rings (SSSR count). The number of rotatable bonds is 10. The summed E-state index contributed by atoms with van der Waals surface area (Å²) in [7, 11) is 3.19. The average Bonchev–Trinajstić information content (AvgIpc) is 3.41. The van der Waals surface area contributed by atoms with Crippen LogP contribution < -0.4 is 15.1 Å². The first-order valence-electron chi connectivity index (χ1n) is 28.3. The molecule has 0 saturated carbocycles. The van der Waals surface area contributed by atoms with Crippen molar-refractivity contribution in [3.63, 3.8) is 0 Å². The summed E-state index contributed by atoms with van der Waals surface area (Å²) in [5, 5.41) is 4.34. The Hall–Kier alpha value is -6.62. The summed E-state index contributed by atoms with van der Waals surface area (Å²) >= 11 is 19.0. The molecule has 0 unspecified atom stereocenters. The molecule has 1 N–H and O–H groups in total. The minimum Gasteiger partial charge on any atom is -0.358 e. The molecule has 4 aliphatic heterocycles. The van der Waals surface area contributed by atoms with Crippen LogP contribution in [0.4, 0.5) is 22.7 Å². The highest BCUT2D eigenvalue weighted by atomic mass is 35.5. The zero-order valence-corrected chi connectivity index (χ0v) is 52.8. The van der Waals surface area contributed by atoms with E-state index in [4.69, 9.17) is 35.4 Å². The molecule has 6 aromatic carbocycles. The summed E-state index contributed by atoms with van der Waals surface area (Å²) in [6.07, 6.45) is 1.11. The van der Waals surface area contributed by atoms with Crippen molar-refractivity contribution in [1.82, 2.24) is 24.3 Å². The lowest BCUT2D eigenvalue weighted by Crippen LogP contribution is -2.56. The van der Waals surface area contributed by atoms with Crippen LogP contribution in [0.5, 0.6) is 0 Å². The zero-order valence-electron chi connectivity index (χ0n) is 49.6. The van der Waals surface area contributed by atoms with Gasteiger partial charge in [-0.15, -0.1) is 0 Å². The number of fused-ring (bicyclic) bond motifs is 4. The third-order valence-corrected chi connectivity index (χ3v) is 19.8. The van der Waals surface area contributed by atoms with Crippen molar-refractivity contribution in [2.75, 3.05) is 51.1 Å². The second-order valence-electron chi connectivity index (χ2n) is 24.6. The fraction of sp³-hybridized carbons (Fsp3) is 0.379. The molecule has 4 heterocycles. The Labute approximate surface area is 505 Å². The van der Waals surface area contributed by atoms with Crippen molar-refractivity contribution in [3.8, 4) is 22.3 Å². The number of halogens is 2. The number of carbonyl (C=O) groups excluding carboxylic acids is 4. The van der Waals surface area contributed by atoms with E-state index in [0.717, 1.165) is 50.4 Å². The Morgan fingerprint density at radius 2 is 1.00 bits per heavy atom. The highest BCUT2D eigenvalue weighted by molar-refractivity contribution is 7.89. The minimum absolute atomic E-state index is 0.0746. The first kappa shape index (κ1) is 61.0. The van der Waals surface area contributed by atoms with Gasteiger partial charge in [-0.2, -0.15) is 4.31 Å². The molecular formula is C66H75Cl2N7O6S2. The average molecular weight is 1200 g/mol. The Balaban J connectivity index is 0.000000200. The van der Waals surface area contributed by atoms with E-state index in [0.29, 0.717) is 57.9 Å². The van der Waals surface area contributed by atoms with Crippen molar-refractivity contribution >= 4 is 96.9 Å². The summed E-state index contributed by atoms with van der Waals surface area (Å²) in [4.78, 5) is 63.3. The van der Waals surface area contributed by atoms with E-state index in [1.165, 1.54) is 9.80 Å². The predicted molar refractivity (Wildman–Crippen MR) is 340 cm³/mol. The fourth-order valence-electron chi connectivity index (χ4n) is 13.1.